The van der Waals surface area contributed by atoms with Gasteiger partial charge in [0.2, 0.25) is 0 Å². The zero-order valence-electron chi connectivity index (χ0n) is 8.31. The van der Waals surface area contributed by atoms with Crippen LogP contribution >= 0.6 is 0 Å². The van der Waals surface area contributed by atoms with Crippen molar-refractivity contribution in [1.29, 1.82) is 0 Å². The van der Waals surface area contributed by atoms with Gasteiger partial charge in [0, 0.05) is 0 Å². The Morgan fingerprint density at radius 1 is 1.17 bits per heavy atom. The van der Waals surface area contributed by atoms with Gasteiger partial charge in [-0.2, -0.15) is 0 Å². The minimum absolute atomic E-state index is 0.422. The zero-order valence-corrected chi connectivity index (χ0v) is 8.31. The molecule has 2 rings (SSSR count). The second kappa shape index (κ2) is 3.02. The summed E-state index contributed by atoms with van der Waals surface area (Å²) in [5, 5.41) is 0. The molecule has 1 atom stereocenters. The Balaban J connectivity index is 1.95. The number of hydrogen-bond acceptors (Lipinski definition) is 1. The van der Waals surface area contributed by atoms with Crippen LogP contribution in [0.5, 0.6) is 0 Å². The Hall–Kier alpha value is -0.0400. The summed E-state index contributed by atoms with van der Waals surface area (Å²) in [5.41, 5.74) is 0.643. The molecule has 0 aromatic carbocycles. The van der Waals surface area contributed by atoms with Gasteiger partial charge < -0.3 is 4.74 Å². The van der Waals surface area contributed by atoms with Gasteiger partial charge in [0.1, 0.15) is 0 Å². The Kier molecular flexibility index (Phi) is 2.16. The van der Waals surface area contributed by atoms with E-state index in [0.717, 1.165) is 0 Å². The number of rotatable bonds is 2. The van der Waals surface area contributed by atoms with Gasteiger partial charge in [-0.25, -0.2) is 0 Å². The smallest absolute Gasteiger partial charge is 0.0634 e. The monoisotopic (exact) mass is 168 g/mol. The third kappa shape index (κ3) is 1.28. The molecule has 2 aliphatic carbocycles. The maximum absolute atomic E-state index is 5.97. The van der Waals surface area contributed by atoms with E-state index in [-0.39, 0.29) is 0 Å². The molecule has 0 aromatic heterocycles. The second-order valence-corrected chi connectivity index (χ2v) is 4.78. The minimum atomic E-state index is 0.422. The molecule has 0 aromatic rings. The first-order valence-corrected chi connectivity index (χ1v) is 5.38. The van der Waals surface area contributed by atoms with Gasteiger partial charge in [0.25, 0.3) is 0 Å². The highest BCUT2D eigenvalue weighted by molar-refractivity contribution is 4.98. The summed E-state index contributed by atoms with van der Waals surface area (Å²) < 4.78 is 5.97. The summed E-state index contributed by atoms with van der Waals surface area (Å²) in [6.07, 6.45) is 9.49. The normalized spacial score (nSPS) is 32.8. The molecule has 0 saturated heterocycles. The van der Waals surface area contributed by atoms with Crippen LogP contribution in [-0.4, -0.2) is 12.2 Å². The zero-order chi connectivity index (χ0) is 8.60. The molecule has 0 aliphatic heterocycles. The van der Waals surface area contributed by atoms with E-state index in [9.17, 15) is 0 Å². The lowest BCUT2D eigenvalue weighted by atomic mass is 9.66. The van der Waals surface area contributed by atoms with Gasteiger partial charge in [-0.3, -0.25) is 0 Å². The molecule has 0 heterocycles. The van der Waals surface area contributed by atoms with Crippen LogP contribution in [0.1, 0.15) is 52.4 Å². The van der Waals surface area contributed by atoms with Crippen LogP contribution in [0.15, 0.2) is 0 Å². The van der Waals surface area contributed by atoms with E-state index in [1.807, 2.05) is 0 Å². The van der Waals surface area contributed by atoms with Crippen molar-refractivity contribution in [2.75, 3.05) is 0 Å². The molecular formula is C11H20O. The minimum Gasteiger partial charge on any atom is -0.375 e. The first-order valence-electron chi connectivity index (χ1n) is 5.38. The third-order valence-corrected chi connectivity index (χ3v) is 3.61. The van der Waals surface area contributed by atoms with E-state index >= 15 is 0 Å². The highest BCUT2D eigenvalue weighted by Gasteiger charge is 2.47. The Bertz CT molecular complexity index is 158. The standard InChI is InChI=1S/C11H20O/c1-9(2)12-10-5-3-6-11(10)7-4-8-11/h9-10H,3-8H2,1-2H3. The van der Waals surface area contributed by atoms with Crippen molar-refractivity contribution in [3.8, 4) is 0 Å². The topological polar surface area (TPSA) is 9.23 Å². The quantitative estimate of drug-likeness (QED) is 0.615. The van der Waals surface area contributed by atoms with Crippen molar-refractivity contribution in [3.05, 3.63) is 0 Å². The molecule has 1 heteroatoms. The molecule has 2 aliphatic rings. The van der Waals surface area contributed by atoms with Crippen molar-refractivity contribution in [1.82, 2.24) is 0 Å². The highest BCUT2D eigenvalue weighted by Crippen LogP contribution is 2.54. The second-order valence-electron chi connectivity index (χ2n) is 4.78. The van der Waals surface area contributed by atoms with Gasteiger partial charge in [-0.15, -0.1) is 0 Å². The van der Waals surface area contributed by atoms with E-state index in [1.54, 1.807) is 0 Å². The lowest BCUT2D eigenvalue weighted by Crippen LogP contribution is -2.39. The summed E-state index contributed by atoms with van der Waals surface area (Å²) in [6.45, 7) is 4.31. The first kappa shape index (κ1) is 8.55. The van der Waals surface area contributed by atoms with Gasteiger partial charge in [-0.1, -0.05) is 12.8 Å². The third-order valence-electron chi connectivity index (χ3n) is 3.61. The van der Waals surface area contributed by atoms with E-state index in [0.29, 0.717) is 17.6 Å². The molecule has 1 unspecified atom stereocenters. The van der Waals surface area contributed by atoms with Crippen LogP contribution in [0.4, 0.5) is 0 Å². The summed E-state index contributed by atoms with van der Waals surface area (Å²) in [5.74, 6) is 0. The van der Waals surface area contributed by atoms with Crippen molar-refractivity contribution < 1.29 is 4.74 Å². The predicted molar refractivity (Wildman–Crippen MR) is 50.1 cm³/mol. The lowest BCUT2D eigenvalue weighted by molar-refractivity contribution is -0.0857. The number of ether oxygens (including phenoxy) is 1. The SMILES string of the molecule is CC(C)OC1CCCC12CCC2. The molecular weight excluding hydrogens is 148 g/mol. The predicted octanol–water partition coefficient (Wildman–Crippen LogP) is 3.13. The first-order chi connectivity index (χ1) is 5.73. The van der Waals surface area contributed by atoms with Gasteiger partial charge in [0.05, 0.1) is 12.2 Å². The van der Waals surface area contributed by atoms with Gasteiger partial charge in [-0.05, 0) is 44.9 Å². The molecule has 12 heavy (non-hydrogen) atoms. The fraction of sp³-hybridized carbons (Fsp3) is 1.00. The van der Waals surface area contributed by atoms with Crippen molar-refractivity contribution in [3.63, 3.8) is 0 Å². The van der Waals surface area contributed by atoms with E-state index in [2.05, 4.69) is 13.8 Å². The van der Waals surface area contributed by atoms with Gasteiger partial charge >= 0.3 is 0 Å². The molecule has 2 saturated carbocycles. The van der Waals surface area contributed by atoms with Gasteiger partial charge in [0.15, 0.2) is 0 Å². The average Bonchev–Trinajstić information content (AvgIpc) is 2.28. The van der Waals surface area contributed by atoms with Crippen LogP contribution < -0.4 is 0 Å². The van der Waals surface area contributed by atoms with Crippen LogP contribution in [0.2, 0.25) is 0 Å². The summed E-state index contributed by atoms with van der Waals surface area (Å²) in [7, 11) is 0. The molecule has 1 nitrogen and oxygen atoms in total. The van der Waals surface area contributed by atoms with E-state index in [1.165, 1.54) is 38.5 Å². The Labute approximate surface area is 75.5 Å². The fourth-order valence-electron chi connectivity index (χ4n) is 2.85. The van der Waals surface area contributed by atoms with E-state index in [4.69, 9.17) is 4.74 Å². The molecule has 0 N–H and O–H groups in total. The van der Waals surface area contributed by atoms with Crippen molar-refractivity contribution in [2.45, 2.75) is 64.6 Å². The molecule has 0 radical (unpaired) electrons. The van der Waals surface area contributed by atoms with E-state index < -0.39 is 0 Å². The van der Waals surface area contributed by atoms with Crippen LogP contribution in [0.3, 0.4) is 0 Å². The number of hydrogen-bond donors (Lipinski definition) is 0. The Morgan fingerprint density at radius 3 is 2.33 bits per heavy atom. The maximum Gasteiger partial charge on any atom is 0.0634 e. The van der Waals surface area contributed by atoms with Crippen LogP contribution in [0, 0.1) is 5.41 Å². The lowest BCUT2D eigenvalue weighted by Gasteiger charge is -2.43. The maximum atomic E-state index is 5.97. The Morgan fingerprint density at radius 2 is 1.83 bits per heavy atom. The summed E-state index contributed by atoms with van der Waals surface area (Å²) >= 11 is 0. The molecule has 0 amide bonds. The van der Waals surface area contributed by atoms with Crippen LogP contribution in [-0.2, 0) is 4.74 Å². The molecule has 70 valence electrons. The van der Waals surface area contributed by atoms with Crippen molar-refractivity contribution >= 4 is 0 Å². The largest absolute Gasteiger partial charge is 0.375 e. The van der Waals surface area contributed by atoms with Crippen molar-refractivity contribution in [2.24, 2.45) is 5.41 Å². The molecule has 1 spiro atoms. The summed E-state index contributed by atoms with van der Waals surface area (Å²) in [4.78, 5) is 0. The summed E-state index contributed by atoms with van der Waals surface area (Å²) in [6, 6.07) is 0. The molecule has 2 fully saturated rings. The average molecular weight is 168 g/mol. The van der Waals surface area contributed by atoms with Crippen LogP contribution in [0.25, 0.3) is 0 Å². The highest BCUT2D eigenvalue weighted by atomic mass is 16.5. The fourth-order valence-corrected chi connectivity index (χ4v) is 2.85. The molecule has 0 bridgehead atoms.